The normalized spacial score (nSPS) is 14.9. The highest BCUT2D eigenvalue weighted by Crippen LogP contribution is 2.40. The molecule has 0 bridgehead atoms. The molecule has 1 unspecified atom stereocenters. The quantitative estimate of drug-likeness (QED) is 0.580. The second kappa shape index (κ2) is 4.49. The van der Waals surface area contributed by atoms with Crippen LogP contribution in [0.2, 0.25) is 0 Å². The highest BCUT2D eigenvalue weighted by atomic mass is 79.9. The zero-order chi connectivity index (χ0) is 13.7. The van der Waals surface area contributed by atoms with Gasteiger partial charge in [0.15, 0.2) is 0 Å². The maximum atomic E-state index is 5.45. The van der Waals surface area contributed by atoms with Crippen LogP contribution >= 0.6 is 15.9 Å². The van der Waals surface area contributed by atoms with Crippen LogP contribution in [0.4, 0.5) is 0 Å². The Balaban J connectivity index is 1.93. The Morgan fingerprint density at radius 3 is 2.65 bits per heavy atom. The summed E-state index contributed by atoms with van der Waals surface area (Å²) in [6.45, 7) is 1.98. The highest BCUT2D eigenvalue weighted by Gasteiger charge is 2.20. The Bertz CT molecular complexity index is 790. The van der Waals surface area contributed by atoms with Crippen LogP contribution in [0, 0.1) is 6.92 Å². The fourth-order valence-electron chi connectivity index (χ4n) is 3.27. The first-order valence-corrected chi connectivity index (χ1v) is 7.88. The summed E-state index contributed by atoms with van der Waals surface area (Å²) in [6.07, 6.45) is 4.19. The van der Waals surface area contributed by atoms with Gasteiger partial charge < -0.3 is 4.42 Å². The van der Waals surface area contributed by atoms with E-state index >= 15 is 0 Å². The molecule has 4 rings (SSSR count). The van der Waals surface area contributed by atoms with Gasteiger partial charge in [-0.3, -0.25) is 0 Å². The molecule has 0 saturated carbocycles. The van der Waals surface area contributed by atoms with Crippen LogP contribution in [0.1, 0.15) is 32.8 Å². The lowest BCUT2D eigenvalue weighted by Crippen LogP contribution is -1.93. The lowest BCUT2D eigenvalue weighted by atomic mass is 9.96. The van der Waals surface area contributed by atoms with Gasteiger partial charge in [0.2, 0.25) is 0 Å². The zero-order valence-corrected chi connectivity index (χ0v) is 12.9. The molecule has 2 aromatic carbocycles. The van der Waals surface area contributed by atoms with Crippen molar-refractivity contribution in [3.8, 4) is 0 Å². The fourth-order valence-corrected chi connectivity index (χ4v) is 3.91. The molecule has 0 N–H and O–H groups in total. The topological polar surface area (TPSA) is 13.1 Å². The van der Waals surface area contributed by atoms with Gasteiger partial charge in [-0.15, -0.1) is 0 Å². The summed E-state index contributed by atoms with van der Waals surface area (Å²) >= 11 is 3.84. The van der Waals surface area contributed by atoms with E-state index in [9.17, 15) is 0 Å². The Kier molecular flexibility index (Phi) is 2.74. The minimum absolute atomic E-state index is 0.185. The Morgan fingerprint density at radius 2 is 1.90 bits per heavy atom. The number of aryl methyl sites for hydroxylation is 3. The monoisotopic (exact) mass is 326 g/mol. The van der Waals surface area contributed by atoms with E-state index in [1.165, 1.54) is 45.9 Å². The standard InChI is InChI=1S/C18H15BrO/c1-11-9-14(10-20-11)18(19)16-8-7-13-6-5-12-3-2-4-15(16)17(12)13/h2-4,7-10,18H,5-6H2,1H3. The molecule has 0 spiro atoms. The van der Waals surface area contributed by atoms with Crippen LogP contribution < -0.4 is 0 Å². The molecule has 0 fully saturated rings. The molecule has 0 saturated heterocycles. The SMILES string of the molecule is Cc1cc(C(Br)c2ccc3c4c(cccc24)CC3)co1. The number of benzene rings is 2. The molecular formula is C18H15BrO. The van der Waals surface area contributed by atoms with Gasteiger partial charge in [0.1, 0.15) is 5.76 Å². The molecule has 1 aliphatic carbocycles. The molecule has 0 radical (unpaired) electrons. The second-order valence-electron chi connectivity index (χ2n) is 5.51. The zero-order valence-electron chi connectivity index (χ0n) is 11.3. The number of alkyl halides is 1. The van der Waals surface area contributed by atoms with Crippen molar-refractivity contribution in [3.05, 3.63) is 70.7 Å². The summed E-state index contributed by atoms with van der Waals surface area (Å²) in [4.78, 5) is 0.185. The van der Waals surface area contributed by atoms with E-state index < -0.39 is 0 Å². The number of furan rings is 1. The molecule has 3 aromatic rings. The third-order valence-electron chi connectivity index (χ3n) is 4.23. The van der Waals surface area contributed by atoms with Gasteiger partial charge in [-0.2, -0.15) is 0 Å². The van der Waals surface area contributed by atoms with Gasteiger partial charge >= 0.3 is 0 Å². The molecule has 20 heavy (non-hydrogen) atoms. The summed E-state index contributed by atoms with van der Waals surface area (Å²) in [5, 5.41) is 2.84. The van der Waals surface area contributed by atoms with Crippen molar-refractivity contribution in [2.24, 2.45) is 0 Å². The Hall–Kier alpha value is -1.54. The Morgan fingerprint density at radius 1 is 1.10 bits per heavy atom. The highest BCUT2D eigenvalue weighted by molar-refractivity contribution is 9.09. The molecule has 1 atom stereocenters. The predicted octanol–water partition coefficient (Wildman–Crippen LogP) is 5.32. The summed E-state index contributed by atoms with van der Waals surface area (Å²) < 4.78 is 5.45. The van der Waals surface area contributed by atoms with Crippen LogP contribution in [0.15, 0.2) is 47.1 Å². The minimum atomic E-state index is 0.185. The van der Waals surface area contributed by atoms with E-state index in [-0.39, 0.29) is 4.83 Å². The van der Waals surface area contributed by atoms with Gasteiger partial charge in [-0.1, -0.05) is 46.3 Å². The van der Waals surface area contributed by atoms with Gasteiger partial charge in [0, 0.05) is 5.56 Å². The van der Waals surface area contributed by atoms with E-state index in [1.54, 1.807) is 0 Å². The van der Waals surface area contributed by atoms with Gasteiger partial charge in [-0.25, -0.2) is 0 Å². The van der Waals surface area contributed by atoms with Gasteiger partial charge in [0.25, 0.3) is 0 Å². The number of halogens is 1. The van der Waals surface area contributed by atoms with Gasteiger partial charge in [0.05, 0.1) is 11.1 Å². The van der Waals surface area contributed by atoms with E-state index in [2.05, 4.69) is 52.3 Å². The summed E-state index contributed by atoms with van der Waals surface area (Å²) in [7, 11) is 0. The van der Waals surface area contributed by atoms with E-state index in [0.717, 1.165) is 5.76 Å². The largest absolute Gasteiger partial charge is 0.469 e. The molecule has 0 amide bonds. The molecular weight excluding hydrogens is 312 g/mol. The fraction of sp³-hybridized carbons (Fsp3) is 0.222. The summed E-state index contributed by atoms with van der Waals surface area (Å²) in [6, 6.07) is 13.3. The number of rotatable bonds is 2. The number of hydrogen-bond acceptors (Lipinski definition) is 1. The maximum Gasteiger partial charge on any atom is 0.101 e. The molecule has 1 heterocycles. The van der Waals surface area contributed by atoms with Crippen molar-refractivity contribution in [3.63, 3.8) is 0 Å². The van der Waals surface area contributed by atoms with Crippen LogP contribution in [0.5, 0.6) is 0 Å². The van der Waals surface area contributed by atoms with Crippen LogP contribution in [-0.2, 0) is 12.8 Å². The molecule has 1 aliphatic rings. The molecule has 0 aliphatic heterocycles. The molecule has 1 nitrogen and oxygen atoms in total. The average molecular weight is 327 g/mol. The van der Waals surface area contributed by atoms with Crippen molar-refractivity contribution in [2.45, 2.75) is 24.6 Å². The van der Waals surface area contributed by atoms with E-state index in [1.807, 2.05) is 13.2 Å². The average Bonchev–Trinajstić information content (AvgIpc) is 3.07. The third-order valence-corrected chi connectivity index (χ3v) is 5.25. The third kappa shape index (κ3) is 1.75. The van der Waals surface area contributed by atoms with E-state index in [4.69, 9.17) is 4.42 Å². The molecule has 100 valence electrons. The van der Waals surface area contributed by atoms with Crippen LogP contribution in [-0.4, -0.2) is 0 Å². The summed E-state index contributed by atoms with van der Waals surface area (Å²) in [5.41, 5.74) is 5.49. The van der Waals surface area contributed by atoms with Crippen molar-refractivity contribution in [1.29, 1.82) is 0 Å². The Labute approximate surface area is 126 Å². The van der Waals surface area contributed by atoms with E-state index in [0.29, 0.717) is 0 Å². The first kappa shape index (κ1) is 12.2. The first-order valence-electron chi connectivity index (χ1n) is 6.96. The van der Waals surface area contributed by atoms with Crippen molar-refractivity contribution in [1.82, 2.24) is 0 Å². The van der Waals surface area contributed by atoms with Crippen molar-refractivity contribution in [2.75, 3.05) is 0 Å². The number of hydrogen-bond donors (Lipinski definition) is 0. The lowest BCUT2D eigenvalue weighted by molar-refractivity contribution is 0.532. The smallest absolute Gasteiger partial charge is 0.101 e. The molecule has 2 heteroatoms. The predicted molar refractivity (Wildman–Crippen MR) is 85.6 cm³/mol. The second-order valence-corrected chi connectivity index (χ2v) is 6.42. The lowest BCUT2D eigenvalue weighted by Gasteiger charge is -2.13. The first-order chi connectivity index (χ1) is 9.74. The van der Waals surface area contributed by atoms with Crippen molar-refractivity contribution < 1.29 is 4.42 Å². The minimum Gasteiger partial charge on any atom is -0.469 e. The maximum absolute atomic E-state index is 5.45. The summed E-state index contributed by atoms with van der Waals surface area (Å²) in [5.74, 6) is 0.954. The van der Waals surface area contributed by atoms with Gasteiger partial charge in [-0.05, 0) is 53.3 Å². The molecule has 1 aromatic heterocycles. The van der Waals surface area contributed by atoms with Crippen molar-refractivity contribution >= 4 is 26.7 Å². The van der Waals surface area contributed by atoms with Crippen LogP contribution in [0.3, 0.4) is 0 Å². The van der Waals surface area contributed by atoms with Crippen LogP contribution in [0.25, 0.3) is 10.8 Å².